The third kappa shape index (κ3) is 2.68. The zero-order valence-electron chi connectivity index (χ0n) is 10.1. The number of benzene rings is 1. The molecule has 0 bridgehead atoms. The van der Waals surface area contributed by atoms with E-state index in [9.17, 15) is 9.59 Å². The molecular weight excluding hydrogens is 230 g/mol. The van der Waals surface area contributed by atoms with Crippen LogP contribution in [0.1, 0.15) is 6.92 Å². The molecule has 0 aliphatic carbocycles. The Bertz CT molecular complexity index is 523. The molecule has 2 rings (SSSR count). The minimum atomic E-state index is -0.114. The molecule has 0 saturated carbocycles. The number of hydrogen-bond donors (Lipinski definition) is 2. The largest absolute Gasteiger partial charge is 0.397 e. The Labute approximate surface area is 105 Å². The lowest BCUT2D eigenvalue weighted by Crippen LogP contribution is -2.39. The van der Waals surface area contributed by atoms with Crippen molar-refractivity contribution in [1.82, 2.24) is 4.90 Å². The molecule has 1 amide bonds. The van der Waals surface area contributed by atoms with Gasteiger partial charge in [-0.15, -0.1) is 0 Å². The van der Waals surface area contributed by atoms with E-state index in [0.717, 1.165) is 5.69 Å². The van der Waals surface area contributed by atoms with Crippen molar-refractivity contribution in [1.29, 1.82) is 0 Å². The smallest absolute Gasteiger partial charge is 0.220 e. The fourth-order valence-corrected chi connectivity index (χ4v) is 1.82. The molecule has 0 aromatic heterocycles. The second-order valence-corrected chi connectivity index (χ2v) is 4.22. The Morgan fingerprint density at radius 3 is 2.72 bits per heavy atom. The van der Waals surface area contributed by atoms with Crippen LogP contribution in [0.2, 0.25) is 0 Å². The Morgan fingerprint density at radius 1 is 1.33 bits per heavy atom. The summed E-state index contributed by atoms with van der Waals surface area (Å²) in [6.07, 6.45) is 1.52. The van der Waals surface area contributed by atoms with Crippen LogP contribution in [0.3, 0.4) is 0 Å². The van der Waals surface area contributed by atoms with Gasteiger partial charge in [-0.3, -0.25) is 9.59 Å². The van der Waals surface area contributed by atoms with Gasteiger partial charge in [-0.1, -0.05) is 12.1 Å². The highest BCUT2D eigenvalue weighted by Crippen LogP contribution is 2.20. The fourth-order valence-electron chi connectivity index (χ4n) is 1.82. The van der Waals surface area contributed by atoms with Crippen LogP contribution >= 0.6 is 0 Å². The number of nitrogens with one attached hydrogen (secondary N) is 1. The Balaban J connectivity index is 2.16. The van der Waals surface area contributed by atoms with Gasteiger partial charge >= 0.3 is 0 Å². The first-order valence-electron chi connectivity index (χ1n) is 5.66. The fraction of sp³-hybridized carbons (Fsp3) is 0.231. The average molecular weight is 245 g/mol. The van der Waals surface area contributed by atoms with Crippen molar-refractivity contribution in [2.45, 2.75) is 6.92 Å². The molecule has 1 aromatic rings. The number of nitrogen functional groups attached to an aromatic ring is 1. The zero-order valence-corrected chi connectivity index (χ0v) is 10.1. The number of rotatable bonds is 2. The van der Waals surface area contributed by atoms with Gasteiger partial charge in [-0.25, -0.2) is 0 Å². The van der Waals surface area contributed by atoms with Gasteiger partial charge in [-0.05, 0) is 12.1 Å². The van der Waals surface area contributed by atoms with E-state index in [-0.39, 0.29) is 18.2 Å². The average Bonchev–Trinajstić information content (AvgIpc) is 2.31. The van der Waals surface area contributed by atoms with Gasteiger partial charge in [0.15, 0.2) is 5.78 Å². The lowest BCUT2D eigenvalue weighted by atomic mass is 10.2. The van der Waals surface area contributed by atoms with E-state index in [1.165, 1.54) is 17.9 Å². The van der Waals surface area contributed by atoms with Gasteiger partial charge in [0.1, 0.15) is 0 Å². The third-order valence-electron chi connectivity index (χ3n) is 2.74. The highest BCUT2D eigenvalue weighted by molar-refractivity contribution is 5.96. The molecule has 5 heteroatoms. The van der Waals surface area contributed by atoms with Gasteiger partial charge in [0.05, 0.1) is 24.5 Å². The molecule has 1 aromatic carbocycles. The van der Waals surface area contributed by atoms with E-state index < -0.39 is 0 Å². The van der Waals surface area contributed by atoms with Gasteiger partial charge in [0.25, 0.3) is 0 Å². The van der Waals surface area contributed by atoms with E-state index in [1.807, 2.05) is 18.2 Å². The summed E-state index contributed by atoms with van der Waals surface area (Å²) in [5, 5.41) is 3.09. The van der Waals surface area contributed by atoms with Crippen molar-refractivity contribution in [3.8, 4) is 0 Å². The molecule has 0 unspecified atom stereocenters. The maximum absolute atomic E-state index is 11.5. The Hall–Kier alpha value is -2.30. The summed E-state index contributed by atoms with van der Waals surface area (Å²) in [7, 11) is 0. The minimum absolute atomic E-state index is 0.0894. The molecular formula is C13H15N3O2. The van der Waals surface area contributed by atoms with Crippen molar-refractivity contribution in [3.05, 3.63) is 36.0 Å². The molecule has 18 heavy (non-hydrogen) atoms. The Kier molecular flexibility index (Phi) is 3.32. The van der Waals surface area contributed by atoms with E-state index >= 15 is 0 Å². The van der Waals surface area contributed by atoms with Crippen LogP contribution in [0.15, 0.2) is 36.0 Å². The van der Waals surface area contributed by atoms with Gasteiger partial charge in [0, 0.05) is 18.7 Å². The molecule has 0 saturated heterocycles. The number of ketones is 1. The number of carbonyl (C=O) groups excluding carboxylic acids is 2. The van der Waals surface area contributed by atoms with Crippen LogP contribution in [0.25, 0.3) is 0 Å². The Morgan fingerprint density at radius 2 is 2.06 bits per heavy atom. The molecule has 0 spiro atoms. The summed E-state index contributed by atoms with van der Waals surface area (Å²) < 4.78 is 0. The quantitative estimate of drug-likeness (QED) is 0.762. The first-order valence-corrected chi connectivity index (χ1v) is 5.66. The van der Waals surface area contributed by atoms with Crippen molar-refractivity contribution in [3.63, 3.8) is 0 Å². The molecule has 3 N–H and O–H groups in total. The maximum Gasteiger partial charge on any atom is 0.220 e. The lowest BCUT2D eigenvalue weighted by Gasteiger charge is -2.26. The number of nitrogens with zero attached hydrogens (tertiary/aromatic N) is 1. The highest BCUT2D eigenvalue weighted by atomic mass is 16.2. The first-order chi connectivity index (χ1) is 8.56. The minimum Gasteiger partial charge on any atom is -0.397 e. The number of nitrogens with two attached hydrogens (primary N) is 1. The van der Waals surface area contributed by atoms with Crippen molar-refractivity contribution in [2.24, 2.45) is 0 Å². The molecule has 0 fully saturated rings. The van der Waals surface area contributed by atoms with Crippen LogP contribution in [0.4, 0.5) is 11.4 Å². The molecule has 1 aliphatic heterocycles. The van der Waals surface area contributed by atoms with E-state index in [0.29, 0.717) is 17.9 Å². The predicted molar refractivity (Wildman–Crippen MR) is 69.8 cm³/mol. The van der Waals surface area contributed by atoms with Gasteiger partial charge in [-0.2, -0.15) is 0 Å². The number of carbonyl (C=O) groups is 2. The topological polar surface area (TPSA) is 75.4 Å². The van der Waals surface area contributed by atoms with Crippen LogP contribution in [-0.2, 0) is 9.59 Å². The second-order valence-electron chi connectivity index (χ2n) is 4.22. The standard InChI is InChI=1S/C13H15N3O2/c1-9(17)16-7-10(6-11(18)8-16)15-13-5-3-2-4-12(13)14/h2-6,15H,7-8,14H2,1H3. The summed E-state index contributed by atoms with van der Waals surface area (Å²) in [5.74, 6) is -0.203. The van der Waals surface area contributed by atoms with Gasteiger partial charge in [0.2, 0.25) is 5.91 Å². The molecule has 1 aliphatic rings. The molecule has 0 radical (unpaired) electrons. The number of amides is 1. The van der Waals surface area contributed by atoms with Crippen LogP contribution < -0.4 is 11.1 Å². The maximum atomic E-state index is 11.5. The van der Waals surface area contributed by atoms with E-state index in [2.05, 4.69) is 5.32 Å². The van der Waals surface area contributed by atoms with Crippen LogP contribution in [-0.4, -0.2) is 29.7 Å². The van der Waals surface area contributed by atoms with Crippen molar-refractivity contribution >= 4 is 23.1 Å². The summed E-state index contributed by atoms with van der Waals surface area (Å²) in [4.78, 5) is 24.3. The van der Waals surface area contributed by atoms with E-state index in [4.69, 9.17) is 5.73 Å². The summed E-state index contributed by atoms with van der Waals surface area (Å²) in [6, 6.07) is 7.29. The summed E-state index contributed by atoms with van der Waals surface area (Å²) >= 11 is 0. The van der Waals surface area contributed by atoms with Crippen LogP contribution in [0, 0.1) is 0 Å². The normalized spacial score (nSPS) is 15.3. The van der Waals surface area contributed by atoms with Gasteiger partial charge < -0.3 is 16.0 Å². The molecule has 0 atom stereocenters. The number of hydrogen-bond acceptors (Lipinski definition) is 4. The molecule has 5 nitrogen and oxygen atoms in total. The molecule has 94 valence electrons. The lowest BCUT2D eigenvalue weighted by molar-refractivity contribution is -0.132. The summed E-state index contributed by atoms with van der Waals surface area (Å²) in [5.41, 5.74) is 7.83. The number of anilines is 2. The first kappa shape index (κ1) is 12.2. The SMILES string of the molecule is CC(=O)N1CC(=O)C=C(Nc2ccccc2N)C1. The molecule has 1 heterocycles. The van der Waals surface area contributed by atoms with Crippen molar-refractivity contribution < 1.29 is 9.59 Å². The monoisotopic (exact) mass is 245 g/mol. The van der Waals surface area contributed by atoms with Crippen LogP contribution in [0.5, 0.6) is 0 Å². The second kappa shape index (κ2) is 4.91. The highest BCUT2D eigenvalue weighted by Gasteiger charge is 2.20. The third-order valence-corrected chi connectivity index (χ3v) is 2.74. The number of para-hydroxylation sites is 2. The predicted octanol–water partition coefficient (Wildman–Crippen LogP) is 0.996. The van der Waals surface area contributed by atoms with Crippen molar-refractivity contribution in [2.75, 3.05) is 24.1 Å². The van der Waals surface area contributed by atoms with E-state index in [1.54, 1.807) is 6.07 Å². The summed E-state index contributed by atoms with van der Waals surface area (Å²) in [6.45, 7) is 1.99. The zero-order chi connectivity index (χ0) is 13.1.